The highest BCUT2D eigenvalue weighted by atomic mass is 79.9. The van der Waals surface area contributed by atoms with E-state index in [0.29, 0.717) is 14.7 Å². The van der Waals surface area contributed by atoms with Crippen molar-refractivity contribution in [1.82, 2.24) is 18.4 Å². The van der Waals surface area contributed by atoms with Gasteiger partial charge in [0, 0.05) is 61.3 Å². The summed E-state index contributed by atoms with van der Waals surface area (Å²) in [6.45, 7) is 16.3. The summed E-state index contributed by atoms with van der Waals surface area (Å²) in [5.74, 6) is 0.538. The Bertz CT molecular complexity index is 2100. The zero-order valence-electron chi connectivity index (χ0n) is 32.8. The van der Waals surface area contributed by atoms with Gasteiger partial charge in [-0.1, -0.05) is 37.9 Å². The van der Waals surface area contributed by atoms with Gasteiger partial charge in [0.25, 0.3) is 0 Å². The van der Waals surface area contributed by atoms with Crippen molar-refractivity contribution in [2.24, 2.45) is 0 Å². The van der Waals surface area contributed by atoms with Crippen molar-refractivity contribution >= 4 is 64.1 Å². The molecule has 2 heterocycles. The van der Waals surface area contributed by atoms with Gasteiger partial charge < -0.3 is 29.1 Å². The number of aromatic hydroxyl groups is 1. The number of ether oxygens (including phenoxy) is 3. The molecule has 0 spiro atoms. The summed E-state index contributed by atoms with van der Waals surface area (Å²) in [5, 5.41) is 9.86. The minimum absolute atomic E-state index is 0.0803. The zero-order valence-corrected chi connectivity index (χ0v) is 37.6. The molecule has 0 radical (unpaired) electrons. The van der Waals surface area contributed by atoms with E-state index >= 15 is 0 Å². The van der Waals surface area contributed by atoms with Crippen LogP contribution >= 0.6 is 31.9 Å². The van der Waals surface area contributed by atoms with Crippen LogP contribution in [0.15, 0.2) is 73.3 Å². The van der Waals surface area contributed by atoms with Gasteiger partial charge in [0.05, 0.1) is 0 Å². The second-order valence-corrected chi connectivity index (χ2v) is 21.0. The van der Waals surface area contributed by atoms with Crippen molar-refractivity contribution in [2.45, 2.75) is 76.4 Å². The predicted octanol–water partition coefficient (Wildman–Crippen LogP) is 7.50. The van der Waals surface area contributed by atoms with E-state index < -0.39 is 43.4 Å². The minimum atomic E-state index is -3.84. The molecule has 2 fully saturated rings. The second kappa shape index (κ2) is 18.0. The van der Waals surface area contributed by atoms with Gasteiger partial charge in [-0.05, 0) is 115 Å². The number of carbonyl (C=O) groups is 2. The number of piperazine rings is 2. The van der Waals surface area contributed by atoms with E-state index in [1.807, 2.05) is 32.0 Å². The van der Waals surface area contributed by atoms with Crippen molar-refractivity contribution in [1.29, 1.82) is 0 Å². The number of carbonyl (C=O) groups excluding carboxylic acids is 2. The SMILES string of the molecule is CC(C)(C)OC(=O)N1CCN(S(=O)(=O)c2cc(Br)ccc2O)CC1.Cc1cc(C)cc(Oc2ccc(Br)cc2S(=O)(=O)N2CCN(C(=O)OC(C)(C)C)CC2)c1. The fraction of sp³-hybridized carbons (Fsp3) is 0.474. The summed E-state index contributed by atoms with van der Waals surface area (Å²) in [7, 11) is -7.67. The molecule has 3 aromatic rings. The first-order chi connectivity index (χ1) is 25.9. The number of hydrogen-bond acceptors (Lipinski definition) is 10. The largest absolute Gasteiger partial charge is 0.507 e. The van der Waals surface area contributed by atoms with Crippen LogP contribution in [0, 0.1) is 13.8 Å². The van der Waals surface area contributed by atoms with Gasteiger partial charge in [0.15, 0.2) is 0 Å². The normalized spacial score (nSPS) is 16.1. The lowest BCUT2D eigenvalue weighted by Crippen LogP contribution is -2.51. The number of sulfonamides is 2. The maximum atomic E-state index is 13.5. The van der Waals surface area contributed by atoms with Crippen molar-refractivity contribution in [2.75, 3.05) is 52.4 Å². The van der Waals surface area contributed by atoms with Crippen molar-refractivity contribution < 1.29 is 45.7 Å². The van der Waals surface area contributed by atoms with Crippen LogP contribution in [-0.4, -0.2) is 116 Å². The van der Waals surface area contributed by atoms with Crippen molar-refractivity contribution in [3.8, 4) is 17.2 Å². The third-order valence-electron chi connectivity index (χ3n) is 8.27. The molecule has 14 nitrogen and oxygen atoms in total. The number of phenols is 1. The van der Waals surface area contributed by atoms with E-state index in [2.05, 4.69) is 31.9 Å². The first-order valence-corrected chi connectivity index (χ1v) is 22.3. The summed E-state index contributed by atoms with van der Waals surface area (Å²) in [6.07, 6.45) is -0.888. The maximum Gasteiger partial charge on any atom is 0.410 e. The molecule has 0 bridgehead atoms. The molecule has 0 saturated carbocycles. The zero-order chi connectivity index (χ0) is 41.8. The summed E-state index contributed by atoms with van der Waals surface area (Å²) < 4.78 is 72.8. The Labute approximate surface area is 347 Å². The number of aryl methyl sites for hydroxylation is 2. The number of rotatable bonds is 6. The summed E-state index contributed by atoms with van der Waals surface area (Å²) in [6, 6.07) is 15.0. The topological polar surface area (TPSA) is 163 Å². The Kier molecular flexibility index (Phi) is 14.6. The fourth-order valence-electron chi connectivity index (χ4n) is 5.73. The molecule has 0 aliphatic carbocycles. The molecule has 0 aromatic heterocycles. The average Bonchev–Trinajstić information content (AvgIpc) is 3.08. The van der Waals surface area contributed by atoms with Crippen LogP contribution in [0.3, 0.4) is 0 Å². The van der Waals surface area contributed by atoms with Crippen LogP contribution in [-0.2, 0) is 29.5 Å². The Morgan fingerprint density at radius 2 is 1.00 bits per heavy atom. The van der Waals surface area contributed by atoms with Gasteiger partial charge in [0.2, 0.25) is 20.0 Å². The molecule has 2 amide bonds. The van der Waals surface area contributed by atoms with E-state index in [1.54, 1.807) is 65.8 Å². The number of amides is 2. The number of phenolic OH excluding ortho intramolecular Hbond substituents is 1. The van der Waals surface area contributed by atoms with E-state index in [9.17, 15) is 31.5 Å². The van der Waals surface area contributed by atoms with E-state index in [-0.39, 0.29) is 73.6 Å². The van der Waals surface area contributed by atoms with Crippen LogP contribution in [0.2, 0.25) is 0 Å². The molecule has 5 rings (SSSR count). The Balaban J connectivity index is 0.000000259. The van der Waals surface area contributed by atoms with Crippen LogP contribution < -0.4 is 4.74 Å². The van der Waals surface area contributed by atoms with Crippen LogP contribution in [0.4, 0.5) is 9.59 Å². The van der Waals surface area contributed by atoms with E-state index in [4.69, 9.17) is 14.2 Å². The number of benzene rings is 3. The maximum absolute atomic E-state index is 13.5. The molecule has 308 valence electrons. The molecule has 2 aliphatic rings. The van der Waals surface area contributed by atoms with Crippen molar-refractivity contribution in [3.05, 3.63) is 74.7 Å². The fourth-order valence-corrected chi connectivity index (χ4v) is 9.85. The molecule has 3 aromatic carbocycles. The molecule has 0 atom stereocenters. The van der Waals surface area contributed by atoms with Gasteiger partial charge in [-0.2, -0.15) is 8.61 Å². The highest BCUT2D eigenvalue weighted by molar-refractivity contribution is 9.10. The quantitative estimate of drug-likeness (QED) is 0.262. The number of hydrogen-bond donors (Lipinski definition) is 1. The lowest BCUT2D eigenvalue weighted by molar-refractivity contribution is 0.0183. The minimum Gasteiger partial charge on any atom is -0.507 e. The Hall–Kier alpha value is -3.42. The summed E-state index contributed by atoms with van der Waals surface area (Å²) >= 11 is 6.58. The van der Waals surface area contributed by atoms with Crippen LogP contribution in [0.1, 0.15) is 52.7 Å². The smallest absolute Gasteiger partial charge is 0.410 e. The standard InChI is InChI=1S/C23H29BrN2O5S.C15H21BrN2O5S/c1-16-12-17(2)14-19(13-16)30-20-7-6-18(24)15-21(20)32(28,29)26-10-8-25(9-11-26)22(27)31-23(3,4)5;1-15(2,3)23-14(20)17-6-8-18(9-7-17)24(21,22)13-10-11(16)4-5-12(13)19/h6-7,12-15H,8-11H2,1-5H3;4-5,10,19H,6-9H2,1-3H3. The van der Waals surface area contributed by atoms with E-state index in [0.717, 1.165) is 11.1 Å². The lowest BCUT2D eigenvalue weighted by Gasteiger charge is -2.35. The first kappa shape index (κ1) is 45.3. The highest BCUT2D eigenvalue weighted by Crippen LogP contribution is 2.35. The first-order valence-electron chi connectivity index (χ1n) is 17.9. The Morgan fingerprint density at radius 1 is 0.607 bits per heavy atom. The summed E-state index contributed by atoms with van der Waals surface area (Å²) in [5.41, 5.74) is 0.860. The highest BCUT2D eigenvalue weighted by Gasteiger charge is 2.35. The molecule has 18 heteroatoms. The van der Waals surface area contributed by atoms with E-state index in [1.165, 1.54) is 30.5 Å². The summed E-state index contributed by atoms with van der Waals surface area (Å²) in [4.78, 5) is 27.3. The second-order valence-electron chi connectivity index (χ2n) is 15.4. The third kappa shape index (κ3) is 12.3. The molecule has 2 aliphatic heterocycles. The molecule has 56 heavy (non-hydrogen) atoms. The monoisotopic (exact) mass is 944 g/mol. The predicted molar refractivity (Wildman–Crippen MR) is 219 cm³/mol. The van der Waals surface area contributed by atoms with Gasteiger partial charge in [-0.25, -0.2) is 26.4 Å². The number of nitrogens with zero attached hydrogens (tertiary/aromatic N) is 4. The molecule has 1 N–H and O–H groups in total. The van der Waals surface area contributed by atoms with Gasteiger partial charge in [-0.15, -0.1) is 0 Å². The van der Waals surface area contributed by atoms with Gasteiger partial charge >= 0.3 is 12.2 Å². The number of halogens is 2. The van der Waals surface area contributed by atoms with Crippen molar-refractivity contribution in [3.63, 3.8) is 0 Å². The molecular formula is C38H50Br2N4O10S2. The third-order valence-corrected chi connectivity index (χ3v) is 13.1. The molecular weight excluding hydrogens is 896 g/mol. The van der Waals surface area contributed by atoms with Gasteiger partial charge in [0.1, 0.15) is 38.2 Å². The molecule has 0 unspecified atom stereocenters. The lowest BCUT2D eigenvalue weighted by atomic mass is 10.1. The van der Waals surface area contributed by atoms with Crippen LogP contribution in [0.25, 0.3) is 0 Å². The van der Waals surface area contributed by atoms with Crippen LogP contribution in [0.5, 0.6) is 17.2 Å². The molecule has 2 saturated heterocycles. The Morgan fingerprint density at radius 3 is 1.43 bits per heavy atom. The average molecular weight is 947 g/mol. The van der Waals surface area contributed by atoms with Gasteiger partial charge in [-0.3, -0.25) is 0 Å².